The summed E-state index contributed by atoms with van der Waals surface area (Å²) in [6, 6.07) is 6.49. The summed E-state index contributed by atoms with van der Waals surface area (Å²) in [5.41, 5.74) is 1.89. The van der Waals surface area contributed by atoms with Crippen LogP contribution in [-0.2, 0) is 14.4 Å². The van der Waals surface area contributed by atoms with Gasteiger partial charge in [0.15, 0.2) is 0 Å². The van der Waals surface area contributed by atoms with Crippen molar-refractivity contribution in [3.8, 4) is 0 Å². The van der Waals surface area contributed by atoms with Crippen LogP contribution in [0, 0.1) is 0 Å². The fourth-order valence-corrected chi connectivity index (χ4v) is 3.52. The van der Waals surface area contributed by atoms with E-state index in [4.69, 9.17) is 0 Å². The molecule has 6 nitrogen and oxygen atoms in total. The van der Waals surface area contributed by atoms with Gasteiger partial charge in [-0.25, -0.2) is 4.79 Å². The zero-order valence-corrected chi connectivity index (χ0v) is 13.5. The molecule has 1 aromatic rings. The molecule has 6 heteroatoms. The number of carbonyl (C=O) groups is 3. The third-order valence-electron chi connectivity index (χ3n) is 4.70. The Kier molecular flexibility index (Phi) is 4.38. The molecule has 1 N–H and O–H groups in total. The second kappa shape index (κ2) is 6.47. The van der Waals surface area contributed by atoms with Gasteiger partial charge in [-0.2, -0.15) is 0 Å². The summed E-state index contributed by atoms with van der Waals surface area (Å²) in [5.74, 6) is -1.33. The van der Waals surface area contributed by atoms with Gasteiger partial charge in [-0.05, 0) is 30.0 Å². The average Bonchev–Trinajstić information content (AvgIpc) is 3.04. The van der Waals surface area contributed by atoms with E-state index in [-0.39, 0.29) is 18.2 Å². The van der Waals surface area contributed by atoms with Crippen molar-refractivity contribution < 1.29 is 19.5 Å². The Hall–Kier alpha value is -2.63. The van der Waals surface area contributed by atoms with Crippen LogP contribution in [0.2, 0.25) is 0 Å². The first-order chi connectivity index (χ1) is 11.5. The third-order valence-corrected chi connectivity index (χ3v) is 4.70. The minimum Gasteiger partial charge on any atom is -0.480 e. The average molecular weight is 328 g/mol. The SMILES string of the molecule is CC(=O)N1C=Cc2ccccc2C1CC(=O)N1CCC[C@H]1C(=O)O. The minimum atomic E-state index is -0.965. The van der Waals surface area contributed by atoms with E-state index >= 15 is 0 Å². The number of nitrogens with zero attached hydrogens (tertiary/aromatic N) is 2. The smallest absolute Gasteiger partial charge is 0.326 e. The number of amides is 2. The topological polar surface area (TPSA) is 77.9 Å². The van der Waals surface area contributed by atoms with Gasteiger partial charge in [0.05, 0.1) is 12.5 Å². The molecule has 1 unspecified atom stereocenters. The lowest BCUT2D eigenvalue weighted by Gasteiger charge is -2.33. The maximum Gasteiger partial charge on any atom is 0.326 e. The molecule has 1 aromatic carbocycles. The molecule has 1 fully saturated rings. The highest BCUT2D eigenvalue weighted by Gasteiger charge is 2.36. The molecule has 126 valence electrons. The lowest BCUT2D eigenvalue weighted by atomic mass is 9.93. The molecule has 0 radical (unpaired) electrons. The second-order valence-electron chi connectivity index (χ2n) is 6.17. The zero-order valence-electron chi connectivity index (χ0n) is 13.5. The lowest BCUT2D eigenvalue weighted by Crippen LogP contribution is -2.42. The number of fused-ring (bicyclic) bond motifs is 1. The van der Waals surface area contributed by atoms with Crippen molar-refractivity contribution in [1.29, 1.82) is 0 Å². The minimum absolute atomic E-state index is 0.0880. The monoisotopic (exact) mass is 328 g/mol. The summed E-state index contributed by atoms with van der Waals surface area (Å²) in [4.78, 5) is 38.9. The molecule has 0 saturated carbocycles. The van der Waals surface area contributed by atoms with Gasteiger partial charge in [0.25, 0.3) is 0 Å². The first-order valence-corrected chi connectivity index (χ1v) is 8.07. The van der Waals surface area contributed by atoms with Crippen LogP contribution in [0.15, 0.2) is 30.5 Å². The van der Waals surface area contributed by atoms with Gasteiger partial charge < -0.3 is 14.9 Å². The highest BCUT2D eigenvalue weighted by molar-refractivity contribution is 5.86. The molecule has 0 aromatic heterocycles. The molecule has 2 heterocycles. The van der Waals surface area contributed by atoms with Crippen molar-refractivity contribution in [2.45, 2.75) is 38.3 Å². The number of aliphatic carboxylic acids is 1. The van der Waals surface area contributed by atoms with Crippen LogP contribution in [0.5, 0.6) is 0 Å². The van der Waals surface area contributed by atoms with Crippen LogP contribution < -0.4 is 0 Å². The zero-order chi connectivity index (χ0) is 17.3. The fraction of sp³-hybridized carbons (Fsp3) is 0.389. The number of carboxylic acids is 1. The predicted molar refractivity (Wildman–Crippen MR) is 87.7 cm³/mol. The van der Waals surface area contributed by atoms with Crippen LogP contribution in [-0.4, -0.2) is 45.3 Å². The van der Waals surface area contributed by atoms with E-state index in [9.17, 15) is 19.5 Å². The summed E-state index contributed by atoms with van der Waals surface area (Å²) >= 11 is 0. The van der Waals surface area contributed by atoms with Crippen molar-refractivity contribution in [2.75, 3.05) is 6.54 Å². The fourth-order valence-electron chi connectivity index (χ4n) is 3.52. The van der Waals surface area contributed by atoms with Gasteiger partial charge >= 0.3 is 5.97 Å². The highest BCUT2D eigenvalue weighted by Crippen LogP contribution is 2.34. The molecule has 2 aliphatic heterocycles. The Morgan fingerprint density at radius 1 is 1.25 bits per heavy atom. The number of hydrogen-bond donors (Lipinski definition) is 1. The van der Waals surface area contributed by atoms with Crippen molar-refractivity contribution in [3.63, 3.8) is 0 Å². The van der Waals surface area contributed by atoms with Gasteiger partial charge in [-0.3, -0.25) is 9.59 Å². The third kappa shape index (κ3) is 2.91. The molecule has 0 aliphatic carbocycles. The van der Waals surface area contributed by atoms with Gasteiger partial charge in [-0.1, -0.05) is 24.3 Å². The molecular formula is C18H20N2O4. The van der Waals surface area contributed by atoms with Crippen LogP contribution in [0.25, 0.3) is 6.08 Å². The summed E-state index contributed by atoms with van der Waals surface area (Å²) in [7, 11) is 0. The van der Waals surface area contributed by atoms with Gasteiger partial charge in [0.2, 0.25) is 11.8 Å². The van der Waals surface area contributed by atoms with Crippen LogP contribution >= 0.6 is 0 Å². The van der Waals surface area contributed by atoms with E-state index in [2.05, 4.69) is 0 Å². The summed E-state index contributed by atoms with van der Waals surface area (Å²) in [6.07, 6.45) is 4.82. The summed E-state index contributed by atoms with van der Waals surface area (Å²) in [5, 5.41) is 9.27. The molecule has 24 heavy (non-hydrogen) atoms. The van der Waals surface area contributed by atoms with Crippen molar-refractivity contribution in [1.82, 2.24) is 9.80 Å². The van der Waals surface area contributed by atoms with Crippen molar-refractivity contribution in [3.05, 3.63) is 41.6 Å². The number of carboxylic acid groups (broad SMARTS) is 1. The Balaban J connectivity index is 1.86. The standard InChI is InChI=1S/C18H20N2O4/c1-12(21)19-10-8-13-5-2-3-6-14(13)16(19)11-17(22)20-9-4-7-15(20)18(23)24/h2-3,5-6,8,10,15-16H,4,7,9,11H2,1H3,(H,23,24)/t15-,16?/m0/s1. The summed E-state index contributed by atoms with van der Waals surface area (Å²) in [6.45, 7) is 1.92. The largest absolute Gasteiger partial charge is 0.480 e. The predicted octanol–water partition coefficient (Wildman–Crippen LogP) is 2.03. The molecule has 2 aliphatic rings. The maximum atomic E-state index is 12.7. The molecule has 2 atom stereocenters. The molecular weight excluding hydrogens is 308 g/mol. The number of rotatable bonds is 3. The Bertz CT molecular complexity index is 713. The number of benzene rings is 1. The quantitative estimate of drug-likeness (QED) is 0.921. The lowest BCUT2D eigenvalue weighted by molar-refractivity contribution is -0.149. The molecule has 3 rings (SSSR count). The van der Waals surface area contributed by atoms with Crippen molar-refractivity contribution in [2.24, 2.45) is 0 Å². The van der Waals surface area contributed by atoms with E-state index in [1.807, 2.05) is 30.3 Å². The number of likely N-dealkylation sites (tertiary alicyclic amines) is 1. The first kappa shape index (κ1) is 16.2. The number of carbonyl (C=O) groups excluding carboxylic acids is 2. The Labute approximate surface area is 140 Å². The maximum absolute atomic E-state index is 12.7. The van der Waals surface area contributed by atoms with E-state index in [1.165, 1.54) is 11.8 Å². The van der Waals surface area contributed by atoms with E-state index < -0.39 is 18.1 Å². The van der Waals surface area contributed by atoms with Gasteiger partial charge in [0, 0.05) is 19.7 Å². The van der Waals surface area contributed by atoms with Crippen LogP contribution in [0.4, 0.5) is 0 Å². The van der Waals surface area contributed by atoms with Gasteiger partial charge in [-0.15, -0.1) is 0 Å². The molecule has 0 bridgehead atoms. The Morgan fingerprint density at radius 2 is 2.00 bits per heavy atom. The molecule has 0 spiro atoms. The molecule has 1 saturated heterocycles. The highest BCUT2D eigenvalue weighted by atomic mass is 16.4. The van der Waals surface area contributed by atoms with Gasteiger partial charge in [0.1, 0.15) is 6.04 Å². The Morgan fingerprint density at radius 3 is 2.71 bits per heavy atom. The van der Waals surface area contributed by atoms with E-state index in [0.29, 0.717) is 19.4 Å². The summed E-state index contributed by atoms with van der Waals surface area (Å²) < 4.78 is 0. The van der Waals surface area contributed by atoms with E-state index in [1.54, 1.807) is 11.1 Å². The van der Waals surface area contributed by atoms with E-state index in [0.717, 1.165) is 11.1 Å². The second-order valence-corrected chi connectivity index (χ2v) is 6.17. The normalized spacial score (nSPS) is 22.4. The number of hydrogen-bond acceptors (Lipinski definition) is 3. The molecule has 2 amide bonds. The van der Waals surface area contributed by atoms with Crippen molar-refractivity contribution >= 4 is 23.9 Å². The first-order valence-electron chi connectivity index (χ1n) is 8.07. The van der Waals surface area contributed by atoms with Crippen LogP contribution in [0.1, 0.15) is 43.4 Å². The van der Waals surface area contributed by atoms with Crippen LogP contribution in [0.3, 0.4) is 0 Å².